The van der Waals surface area contributed by atoms with Crippen LogP contribution in [0.25, 0.3) is 17.1 Å². The van der Waals surface area contributed by atoms with Crippen LogP contribution in [0.3, 0.4) is 0 Å². The zero-order valence-corrected chi connectivity index (χ0v) is 16.0. The number of ether oxygens (including phenoxy) is 1. The Labute approximate surface area is 159 Å². The van der Waals surface area contributed by atoms with E-state index in [4.69, 9.17) is 4.74 Å². The second-order valence-electron chi connectivity index (χ2n) is 6.76. The third-order valence-corrected chi connectivity index (χ3v) is 4.43. The van der Waals surface area contributed by atoms with Crippen molar-refractivity contribution in [3.8, 4) is 5.75 Å². The first-order valence-electron chi connectivity index (χ1n) is 9.13. The van der Waals surface area contributed by atoms with E-state index in [0.717, 1.165) is 28.2 Å². The summed E-state index contributed by atoms with van der Waals surface area (Å²) in [6, 6.07) is 14.0. The van der Waals surface area contributed by atoms with E-state index in [-0.39, 0.29) is 5.91 Å². The molecule has 3 aromatic rings. The minimum atomic E-state index is -0.110. The molecule has 0 aliphatic carbocycles. The summed E-state index contributed by atoms with van der Waals surface area (Å²) in [6.45, 7) is 4.85. The molecule has 0 bridgehead atoms. The SMILES string of the molecule is COc1ccc2nc(CCNC(=O)/C=C/c3ccc(C(C)C)cc3)[nH]c2c1. The van der Waals surface area contributed by atoms with Crippen LogP contribution in [0, 0.1) is 0 Å². The van der Waals surface area contributed by atoms with E-state index < -0.39 is 0 Å². The zero-order chi connectivity index (χ0) is 19.2. The van der Waals surface area contributed by atoms with Gasteiger partial charge in [0.25, 0.3) is 0 Å². The largest absolute Gasteiger partial charge is 0.497 e. The number of nitrogens with zero attached hydrogens (tertiary/aromatic N) is 1. The molecule has 0 saturated heterocycles. The third kappa shape index (κ3) is 4.97. The average molecular weight is 363 g/mol. The first-order chi connectivity index (χ1) is 13.0. The first kappa shape index (κ1) is 18.7. The fourth-order valence-corrected chi connectivity index (χ4v) is 2.81. The van der Waals surface area contributed by atoms with E-state index in [1.165, 1.54) is 5.56 Å². The van der Waals surface area contributed by atoms with Gasteiger partial charge in [-0.25, -0.2) is 4.98 Å². The van der Waals surface area contributed by atoms with Gasteiger partial charge >= 0.3 is 0 Å². The maximum Gasteiger partial charge on any atom is 0.244 e. The van der Waals surface area contributed by atoms with Gasteiger partial charge in [-0.05, 0) is 35.3 Å². The molecular weight excluding hydrogens is 338 g/mol. The van der Waals surface area contributed by atoms with Gasteiger partial charge in [0, 0.05) is 25.1 Å². The highest BCUT2D eigenvalue weighted by atomic mass is 16.5. The number of benzene rings is 2. The minimum Gasteiger partial charge on any atom is -0.497 e. The standard InChI is InChI=1S/C22H25N3O2/c1-15(2)17-7-4-16(5-8-17)6-11-22(26)23-13-12-21-24-19-10-9-18(27-3)14-20(19)25-21/h4-11,14-15H,12-13H2,1-3H3,(H,23,26)(H,24,25)/b11-6+. The lowest BCUT2D eigenvalue weighted by molar-refractivity contribution is -0.116. The number of nitrogens with one attached hydrogen (secondary N) is 2. The molecule has 2 aromatic carbocycles. The minimum absolute atomic E-state index is 0.110. The summed E-state index contributed by atoms with van der Waals surface area (Å²) in [4.78, 5) is 19.8. The summed E-state index contributed by atoms with van der Waals surface area (Å²) < 4.78 is 5.21. The number of amides is 1. The number of aromatic amines is 1. The number of rotatable bonds is 7. The molecule has 0 spiro atoms. The fraction of sp³-hybridized carbons (Fsp3) is 0.273. The predicted molar refractivity (Wildman–Crippen MR) is 109 cm³/mol. The Hall–Kier alpha value is -3.08. The van der Waals surface area contributed by atoms with Gasteiger partial charge in [0.2, 0.25) is 5.91 Å². The average Bonchev–Trinajstić information content (AvgIpc) is 3.08. The van der Waals surface area contributed by atoms with Gasteiger partial charge in [-0.3, -0.25) is 4.79 Å². The molecule has 5 heteroatoms. The van der Waals surface area contributed by atoms with Gasteiger partial charge in [-0.15, -0.1) is 0 Å². The van der Waals surface area contributed by atoms with Crippen molar-refractivity contribution in [1.29, 1.82) is 0 Å². The van der Waals surface area contributed by atoms with Crippen molar-refractivity contribution in [2.75, 3.05) is 13.7 Å². The second-order valence-corrected chi connectivity index (χ2v) is 6.76. The molecule has 1 aromatic heterocycles. The summed E-state index contributed by atoms with van der Waals surface area (Å²) in [5.41, 5.74) is 4.13. The maximum atomic E-state index is 12.0. The number of hydrogen-bond acceptors (Lipinski definition) is 3. The quantitative estimate of drug-likeness (QED) is 0.622. The summed E-state index contributed by atoms with van der Waals surface area (Å²) in [5, 5.41) is 2.89. The van der Waals surface area contributed by atoms with Gasteiger partial charge in [-0.2, -0.15) is 0 Å². The van der Waals surface area contributed by atoms with Crippen LogP contribution in [-0.2, 0) is 11.2 Å². The number of imidazole rings is 1. The monoisotopic (exact) mass is 363 g/mol. The van der Waals surface area contributed by atoms with Gasteiger partial charge in [0.15, 0.2) is 0 Å². The summed E-state index contributed by atoms with van der Waals surface area (Å²) in [7, 11) is 1.64. The molecular formula is C22H25N3O2. The van der Waals surface area contributed by atoms with Gasteiger partial charge in [-0.1, -0.05) is 38.1 Å². The topological polar surface area (TPSA) is 67.0 Å². The van der Waals surface area contributed by atoms with Crippen LogP contribution in [0.5, 0.6) is 5.75 Å². The highest BCUT2D eigenvalue weighted by Crippen LogP contribution is 2.18. The molecule has 0 fully saturated rings. The molecule has 0 atom stereocenters. The number of fused-ring (bicyclic) bond motifs is 1. The Morgan fingerprint density at radius 3 is 2.70 bits per heavy atom. The lowest BCUT2D eigenvalue weighted by Gasteiger charge is -2.04. The highest BCUT2D eigenvalue weighted by molar-refractivity contribution is 5.91. The Kier molecular flexibility index (Phi) is 5.91. The molecule has 0 saturated carbocycles. The van der Waals surface area contributed by atoms with Crippen molar-refractivity contribution < 1.29 is 9.53 Å². The van der Waals surface area contributed by atoms with Crippen LogP contribution in [0.2, 0.25) is 0 Å². The Bertz CT molecular complexity index is 940. The number of H-pyrrole nitrogens is 1. The Balaban J connectivity index is 1.50. The smallest absolute Gasteiger partial charge is 0.244 e. The highest BCUT2D eigenvalue weighted by Gasteiger charge is 2.05. The lowest BCUT2D eigenvalue weighted by Crippen LogP contribution is -2.23. The van der Waals surface area contributed by atoms with E-state index in [1.54, 1.807) is 13.2 Å². The molecule has 5 nitrogen and oxygen atoms in total. The van der Waals surface area contributed by atoms with Crippen LogP contribution in [0.1, 0.15) is 36.7 Å². The van der Waals surface area contributed by atoms with Gasteiger partial charge in [0.05, 0.1) is 18.1 Å². The van der Waals surface area contributed by atoms with E-state index in [2.05, 4.69) is 41.3 Å². The van der Waals surface area contributed by atoms with Gasteiger partial charge < -0.3 is 15.0 Å². The third-order valence-electron chi connectivity index (χ3n) is 4.43. The van der Waals surface area contributed by atoms with Gasteiger partial charge in [0.1, 0.15) is 11.6 Å². The molecule has 140 valence electrons. The molecule has 0 unspecified atom stereocenters. The molecule has 3 rings (SSSR count). The van der Waals surface area contributed by atoms with Crippen molar-refractivity contribution in [3.63, 3.8) is 0 Å². The summed E-state index contributed by atoms with van der Waals surface area (Å²) >= 11 is 0. The van der Waals surface area contributed by atoms with Crippen molar-refractivity contribution in [1.82, 2.24) is 15.3 Å². The van der Waals surface area contributed by atoms with Crippen LogP contribution in [0.4, 0.5) is 0 Å². The van der Waals surface area contributed by atoms with Crippen molar-refractivity contribution in [2.45, 2.75) is 26.2 Å². The lowest BCUT2D eigenvalue weighted by atomic mass is 10.0. The number of aromatic nitrogens is 2. The Morgan fingerprint density at radius 1 is 1.22 bits per heavy atom. The molecule has 27 heavy (non-hydrogen) atoms. The number of methoxy groups -OCH3 is 1. The second kappa shape index (κ2) is 8.54. The number of carbonyl (C=O) groups is 1. The Morgan fingerprint density at radius 2 is 2.00 bits per heavy atom. The molecule has 0 radical (unpaired) electrons. The molecule has 0 aliphatic rings. The first-order valence-corrected chi connectivity index (χ1v) is 9.13. The molecule has 2 N–H and O–H groups in total. The van der Waals surface area contributed by atoms with E-state index >= 15 is 0 Å². The van der Waals surface area contributed by atoms with E-state index in [1.807, 2.05) is 36.4 Å². The predicted octanol–water partition coefficient (Wildman–Crippen LogP) is 4.07. The zero-order valence-electron chi connectivity index (χ0n) is 16.0. The van der Waals surface area contributed by atoms with E-state index in [0.29, 0.717) is 18.9 Å². The molecule has 0 aliphatic heterocycles. The molecule has 1 heterocycles. The van der Waals surface area contributed by atoms with Crippen LogP contribution in [-0.4, -0.2) is 29.5 Å². The maximum absolute atomic E-state index is 12.0. The fourth-order valence-electron chi connectivity index (χ4n) is 2.81. The van der Waals surface area contributed by atoms with Crippen molar-refractivity contribution in [2.24, 2.45) is 0 Å². The van der Waals surface area contributed by atoms with Crippen molar-refractivity contribution in [3.05, 3.63) is 65.5 Å². The number of carbonyl (C=O) groups excluding carboxylic acids is 1. The summed E-state index contributed by atoms with van der Waals surface area (Å²) in [5.74, 6) is 2.02. The van der Waals surface area contributed by atoms with Crippen LogP contribution in [0.15, 0.2) is 48.5 Å². The van der Waals surface area contributed by atoms with E-state index in [9.17, 15) is 4.79 Å². The van der Waals surface area contributed by atoms with Crippen LogP contribution < -0.4 is 10.1 Å². The van der Waals surface area contributed by atoms with Crippen molar-refractivity contribution >= 4 is 23.0 Å². The number of hydrogen-bond donors (Lipinski definition) is 2. The van der Waals surface area contributed by atoms with Crippen LogP contribution >= 0.6 is 0 Å². The molecule has 1 amide bonds. The normalized spacial score (nSPS) is 11.4. The summed E-state index contributed by atoms with van der Waals surface area (Å²) in [6.07, 6.45) is 4.03.